The molecule has 6 aliphatic rings. The predicted octanol–water partition coefficient (Wildman–Crippen LogP) is 7.43. The smallest absolute Gasteiger partial charge is 0.329 e. The van der Waals surface area contributed by atoms with Crippen LogP contribution in [0.3, 0.4) is 0 Å². The van der Waals surface area contributed by atoms with E-state index in [1.165, 1.54) is 4.90 Å². The molecule has 400 valence electrons. The summed E-state index contributed by atoms with van der Waals surface area (Å²) in [5, 5.41) is 36.2. The first kappa shape index (κ1) is 57.2. The molecule has 1 amide bonds. The number of Topliss-reactive ketones (excluding diaryl/α,β-unsaturated/α-hetero) is 3. The minimum atomic E-state index is -2.47. The molecule has 5 aliphatic heterocycles. The predicted molar refractivity (Wildman–Crippen MR) is 272 cm³/mol. The van der Waals surface area contributed by atoms with E-state index in [1.807, 2.05) is 68.3 Å². The minimum Gasteiger partial charge on any atom is -0.460 e. The van der Waals surface area contributed by atoms with E-state index in [0.717, 1.165) is 17.7 Å². The molecule has 15 nitrogen and oxygen atoms in total. The van der Waals surface area contributed by atoms with Crippen LogP contribution in [0.25, 0.3) is 0 Å². The van der Waals surface area contributed by atoms with Gasteiger partial charge in [-0.1, -0.05) is 78.0 Å². The Labute approximate surface area is 427 Å². The number of allylic oxidation sites excluding steroid dienone is 1. The van der Waals surface area contributed by atoms with Gasteiger partial charge in [-0.05, 0) is 125 Å². The molecule has 0 spiro atoms. The Bertz CT molecular complexity index is 2130. The maximum absolute atomic E-state index is 14.5. The highest BCUT2D eigenvalue weighted by Gasteiger charge is 2.53. The van der Waals surface area contributed by atoms with E-state index in [4.69, 9.17) is 23.8 Å². The van der Waals surface area contributed by atoms with Crippen molar-refractivity contribution >= 4 is 34.9 Å². The lowest BCUT2D eigenvalue weighted by Crippen LogP contribution is -2.61. The lowest BCUT2D eigenvalue weighted by atomic mass is 9.78. The topological polar surface area (TPSA) is 199 Å². The molecular formula is C57H84N2O13. The van der Waals surface area contributed by atoms with E-state index in [0.29, 0.717) is 56.9 Å². The fourth-order valence-corrected chi connectivity index (χ4v) is 11.8. The lowest BCUT2D eigenvalue weighted by Gasteiger charge is -2.43. The van der Waals surface area contributed by atoms with Crippen LogP contribution in [0.15, 0.2) is 65.8 Å². The monoisotopic (exact) mass is 1000 g/mol. The van der Waals surface area contributed by atoms with E-state index in [2.05, 4.69) is 13.0 Å². The van der Waals surface area contributed by atoms with Crippen molar-refractivity contribution in [2.45, 2.75) is 193 Å². The van der Waals surface area contributed by atoms with Gasteiger partial charge in [0.05, 0.1) is 42.2 Å². The number of anilines is 1. The lowest BCUT2D eigenvalue weighted by molar-refractivity contribution is -0.265. The number of amides is 1. The number of rotatable bonds is 6. The second-order valence-electron chi connectivity index (χ2n) is 22.1. The molecule has 7 rings (SSSR count). The Morgan fingerprint density at radius 2 is 1.56 bits per heavy atom. The van der Waals surface area contributed by atoms with Crippen LogP contribution in [0.5, 0.6) is 0 Å². The van der Waals surface area contributed by atoms with Crippen molar-refractivity contribution in [2.24, 2.45) is 41.4 Å². The number of carbonyl (C=O) groups is 5. The number of ketones is 3. The van der Waals surface area contributed by atoms with Gasteiger partial charge in [0.25, 0.3) is 11.7 Å². The quantitative estimate of drug-likeness (QED) is 0.144. The Morgan fingerprint density at radius 3 is 2.25 bits per heavy atom. The molecule has 5 heterocycles. The van der Waals surface area contributed by atoms with Crippen molar-refractivity contribution in [2.75, 3.05) is 25.8 Å². The van der Waals surface area contributed by atoms with E-state index in [9.17, 15) is 39.3 Å². The summed E-state index contributed by atoms with van der Waals surface area (Å²) in [4.78, 5) is 79.5. The molecule has 4 bridgehead atoms. The Hall–Kier alpha value is -4.09. The third kappa shape index (κ3) is 13.6. The zero-order valence-corrected chi connectivity index (χ0v) is 44.4. The number of nitrogens with zero attached hydrogens (tertiary/aromatic N) is 2. The van der Waals surface area contributed by atoms with Gasteiger partial charge in [0.1, 0.15) is 29.8 Å². The zero-order chi connectivity index (χ0) is 52.6. The largest absolute Gasteiger partial charge is 0.460 e. The molecule has 2 saturated heterocycles. The summed E-state index contributed by atoms with van der Waals surface area (Å²) in [6.45, 7) is 14.7. The Balaban J connectivity index is 1.34. The van der Waals surface area contributed by atoms with Crippen molar-refractivity contribution in [3.05, 3.63) is 65.8 Å². The molecule has 3 N–H and O–H groups in total. The van der Waals surface area contributed by atoms with Crippen molar-refractivity contribution in [1.29, 1.82) is 0 Å². The second-order valence-corrected chi connectivity index (χ2v) is 22.1. The molecular weight excluding hydrogens is 921 g/mol. The molecule has 15 heteroatoms. The highest BCUT2D eigenvalue weighted by atomic mass is 16.7. The summed E-state index contributed by atoms with van der Waals surface area (Å²) in [7, 11) is 3.16. The number of benzene rings is 1. The van der Waals surface area contributed by atoms with Gasteiger partial charge in [-0.25, -0.2) is 9.86 Å². The van der Waals surface area contributed by atoms with Crippen LogP contribution in [0.4, 0.5) is 5.69 Å². The summed E-state index contributed by atoms with van der Waals surface area (Å²) in [5.74, 6) is -8.65. The van der Waals surface area contributed by atoms with Crippen LogP contribution >= 0.6 is 0 Å². The molecule has 1 aromatic rings. The summed E-state index contributed by atoms with van der Waals surface area (Å²) in [5.41, 5.74) is 2.14. The number of aliphatic hydroxyl groups is 3. The van der Waals surface area contributed by atoms with Crippen LogP contribution in [-0.2, 0) is 47.8 Å². The number of aliphatic hydroxyl groups excluding tert-OH is 2. The molecule has 3 fully saturated rings. The first-order valence-electron chi connectivity index (χ1n) is 26.7. The number of para-hydroxylation sites is 1. The summed E-state index contributed by atoms with van der Waals surface area (Å²) in [6.07, 6.45) is 8.31. The SMILES string of the molecule is COC1CC2CCC(C)C(O)(O2)C(=O)C(=O)N2CCCCC2C(=O)OC(C(C)CC2CCC(O)C(OC)C2)CC(=O)C(C)/C=C(\C)C(O)C(C)C(=O)C(C)CC(C)C2C=CC(/C=C/1C)ON2c1ccccc1. The van der Waals surface area contributed by atoms with Gasteiger partial charge in [0, 0.05) is 57.3 Å². The average Bonchev–Trinajstić information content (AvgIpc) is 3.37. The van der Waals surface area contributed by atoms with Gasteiger partial charge in [-0.15, -0.1) is 0 Å². The minimum absolute atomic E-state index is 0.0664. The van der Waals surface area contributed by atoms with Gasteiger partial charge in [0.15, 0.2) is 0 Å². The number of hydrogen-bond donors (Lipinski definition) is 3. The maximum Gasteiger partial charge on any atom is 0.329 e. The van der Waals surface area contributed by atoms with Crippen LogP contribution in [0, 0.1) is 41.4 Å². The Kier molecular flexibility index (Phi) is 20.2. The van der Waals surface area contributed by atoms with E-state index in [-0.39, 0.29) is 67.3 Å². The number of methoxy groups -OCH3 is 2. The highest BCUT2D eigenvalue weighted by Crippen LogP contribution is 2.39. The normalized spacial score (nSPS) is 39.6. The van der Waals surface area contributed by atoms with Crippen molar-refractivity contribution < 1.29 is 63.1 Å². The van der Waals surface area contributed by atoms with Gasteiger partial charge < -0.3 is 39.2 Å². The third-order valence-corrected chi connectivity index (χ3v) is 16.6. The third-order valence-electron chi connectivity index (χ3n) is 16.6. The second kappa shape index (κ2) is 25.4. The average molecular weight is 1010 g/mol. The zero-order valence-electron chi connectivity index (χ0n) is 44.4. The van der Waals surface area contributed by atoms with Crippen molar-refractivity contribution in [3.8, 4) is 0 Å². The molecule has 72 heavy (non-hydrogen) atoms. The molecule has 1 aliphatic carbocycles. The number of carbonyl (C=O) groups excluding carboxylic acids is 5. The fraction of sp³-hybridized carbons (Fsp3) is 0.702. The van der Waals surface area contributed by atoms with Crippen LogP contribution < -0.4 is 5.06 Å². The summed E-state index contributed by atoms with van der Waals surface area (Å²) in [6, 6.07) is 8.36. The number of esters is 1. The van der Waals surface area contributed by atoms with Crippen molar-refractivity contribution in [1.82, 2.24) is 4.90 Å². The molecule has 1 saturated carbocycles. The van der Waals surface area contributed by atoms with Crippen molar-refractivity contribution in [3.63, 3.8) is 0 Å². The fourth-order valence-electron chi connectivity index (χ4n) is 11.8. The number of hydrogen-bond acceptors (Lipinski definition) is 14. The van der Waals surface area contributed by atoms with E-state index in [1.54, 1.807) is 48.0 Å². The van der Waals surface area contributed by atoms with E-state index < -0.39 is 89.8 Å². The van der Waals surface area contributed by atoms with E-state index >= 15 is 0 Å². The number of ether oxygens (including phenoxy) is 4. The first-order chi connectivity index (χ1) is 34.2. The molecule has 1 aromatic carbocycles. The van der Waals surface area contributed by atoms with Crippen LogP contribution in [-0.4, -0.2) is 131 Å². The van der Waals surface area contributed by atoms with Gasteiger partial charge in [0.2, 0.25) is 5.79 Å². The number of fused-ring (bicyclic) bond motifs is 16. The Morgan fingerprint density at radius 1 is 0.833 bits per heavy atom. The summed E-state index contributed by atoms with van der Waals surface area (Å²) >= 11 is 0. The number of hydroxylamine groups is 1. The van der Waals surface area contributed by atoms with Gasteiger partial charge in [-0.3, -0.25) is 24.0 Å². The first-order valence-corrected chi connectivity index (χ1v) is 26.7. The molecule has 17 atom stereocenters. The molecule has 0 aromatic heterocycles. The molecule has 17 unspecified atom stereocenters. The van der Waals surface area contributed by atoms with Crippen LogP contribution in [0.2, 0.25) is 0 Å². The van der Waals surface area contributed by atoms with Gasteiger partial charge in [-0.2, -0.15) is 0 Å². The number of piperidine rings is 1. The molecule has 0 radical (unpaired) electrons. The highest BCUT2D eigenvalue weighted by molar-refractivity contribution is 6.39. The maximum atomic E-state index is 14.5. The van der Waals surface area contributed by atoms with Gasteiger partial charge >= 0.3 is 5.97 Å². The van der Waals surface area contributed by atoms with Crippen LogP contribution in [0.1, 0.15) is 132 Å². The standard InChI is InChI=1S/C57H84N2O13/c1-33-26-37(5)52(62)40(8)53(63)38(6)27-34(2)48(61)32-50(35(3)28-41-20-24-47(60)51(30-41)69-10)70-56(66)46-18-14-15-25-58(46)55(65)54(64)57(67)39(7)19-21-43(71-57)31-49(68-9)36(4)29-44-22-23-45(33)59(72-44)42-16-12-11-13-17-42/h11-13,16-17,22-23,27,29,33-35,37,39-41,43-47,49-51,53,60,63,67H,14-15,18-21,24-26,28,30-32H2,1-10H3/b36-29+,38-27+. The summed E-state index contributed by atoms with van der Waals surface area (Å²) < 4.78 is 24.2.